The minimum absolute atomic E-state index is 0.373. The molecule has 0 aliphatic carbocycles. The van der Waals surface area contributed by atoms with Crippen LogP contribution < -0.4 is 0 Å². The highest BCUT2D eigenvalue weighted by atomic mass is 16.3. The molecule has 0 radical (unpaired) electrons. The number of benzene rings is 1. The summed E-state index contributed by atoms with van der Waals surface area (Å²) in [4.78, 5) is 2.41. The number of likely N-dealkylation sites (tertiary alicyclic amines) is 1. The van der Waals surface area contributed by atoms with Crippen molar-refractivity contribution in [3.05, 3.63) is 48.0 Å². The molecule has 104 valence electrons. The predicted molar refractivity (Wildman–Crippen MR) is 80.2 cm³/mol. The van der Waals surface area contributed by atoms with E-state index in [4.69, 9.17) is 0 Å². The number of hydrogen-bond donors (Lipinski definition) is 1. The maximum atomic E-state index is 10.2. The van der Waals surface area contributed by atoms with Gasteiger partial charge in [-0.15, -0.1) is 0 Å². The maximum Gasteiger partial charge on any atom is 0.0763 e. The summed E-state index contributed by atoms with van der Waals surface area (Å²) in [5, 5.41) is 10.2. The van der Waals surface area contributed by atoms with E-state index in [9.17, 15) is 5.11 Å². The Morgan fingerprint density at radius 3 is 2.53 bits per heavy atom. The molecule has 1 aromatic rings. The zero-order valence-electron chi connectivity index (χ0n) is 11.7. The van der Waals surface area contributed by atoms with Crippen LogP contribution in [0.5, 0.6) is 0 Å². The summed E-state index contributed by atoms with van der Waals surface area (Å²) >= 11 is 0. The smallest absolute Gasteiger partial charge is 0.0763 e. The van der Waals surface area contributed by atoms with Crippen molar-refractivity contribution in [3.63, 3.8) is 0 Å². The minimum Gasteiger partial charge on any atom is -0.389 e. The third kappa shape index (κ3) is 4.81. The lowest BCUT2D eigenvalue weighted by Crippen LogP contribution is -2.33. The van der Waals surface area contributed by atoms with Gasteiger partial charge < -0.3 is 5.11 Å². The highest BCUT2D eigenvalue weighted by Crippen LogP contribution is 2.14. The second-order valence-corrected chi connectivity index (χ2v) is 5.54. The molecule has 1 unspecified atom stereocenters. The first-order valence-electron chi connectivity index (χ1n) is 7.38. The SMILES string of the molecule is C=C(CN1CCCCC1)C(O)CCc1ccccc1. The van der Waals surface area contributed by atoms with Crippen LogP contribution in [0.25, 0.3) is 0 Å². The van der Waals surface area contributed by atoms with E-state index in [1.807, 2.05) is 18.2 Å². The van der Waals surface area contributed by atoms with Gasteiger partial charge in [-0.3, -0.25) is 4.90 Å². The van der Waals surface area contributed by atoms with Gasteiger partial charge in [0.15, 0.2) is 0 Å². The number of aliphatic hydroxyl groups excluding tert-OH is 1. The Labute approximate surface area is 116 Å². The van der Waals surface area contributed by atoms with Crippen LogP contribution in [0, 0.1) is 0 Å². The van der Waals surface area contributed by atoms with Gasteiger partial charge in [0.25, 0.3) is 0 Å². The van der Waals surface area contributed by atoms with Crippen molar-refractivity contribution in [1.82, 2.24) is 4.90 Å². The number of piperidine rings is 1. The zero-order valence-corrected chi connectivity index (χ0v) is 11.7. The van der Waals surface area contributed by atoms with Gasteiger partial charge in [0, 0.05) is 6.54 Å². The molecule has 1 fully saturated rings. The monoisotopic (exact) mass is 259 g/mol. The van der Waals surface area contributed by atoms with Gasteiger partial charge >= 0.3 is 0 Å². The second-order valence-electron chi connectivity index (χ2n) is 5.54. The Bertz CT molecular complexity index is 382. The molecule has 1 aromatic carbocycles. The van der Waals surface area contributed by atoms with Crippen molar-refractivity contribution in [2.45, 2.75) is 38.2 Å². The van der Waals surface area contributed by atoms with Gasteiger partial charge in [0.05, 0.1) is 6.10 Å². The third-order valence-corrected chi connectivity index (χ3v) is 3.90. The first-order valence-corrected chi connectivity index (χ1v) is 7.38. The molecule has 0 bridgehead atoms. The van der Waals surface area contributed by atoms with Crippen molar-refractivity contribution in [1.29, 1.82) is 0 Å². The summed E-state index contributed by atoms with van der Waals surface area (Å²) in [6.07, 6.45) is 5.24. The summed E-state index contributed by atoms with van der Waals surface area (Å²) < 4.78 is 0. The van der Waals surface area contributed by atoms with E-state index in [-0.39, 0.29) is 6.10 Å². The van der Waals surface area contributed by atoms with Crippen LogP contribution in [0.2, 0.25) is 0 Å². The lowest BCUT2D eigenvalue weighted by molar-refractivity contribution is 0.175. The van der Waals surface area contributed by atoms with Crippen molar-refractivity contribution < 1.29 is 5.11 Å². The summed E-state index contributed by atoms with van der Waals surface area (Å²) in [6, 6.07) is 10.3. The van der Waals surface area contributed by atoms with E-state index in [0.717, 1.165) is 38.0 Å². The van der Waals surface area contributed by atoms with Gasteiger partial charge in [-0.2, -0.15) is 0 Å². The zero-order chi connectivity index (χ0) is 13.5. The Morgan fingerprint density at radius 2 is 1.84 bits per heavy atom. The Hall–Kier alpha value is -1.12. The molecule has 0 saturated carbocycles. The largest absolute Gasteiger partial charge is 0.389 e. The number of aryl methyl sites for hydroxylation is 1. The Balaban J connectivity index is 1.72. The molecule has 1 aliphatic rings. The molecule has 1 N–H and O–H groups in total. The van der Waals surface area contributed by atoms with E-state index in [0.29, 0.717) is 0 Å². The van der Waals surface area contributed by atoms with Gasteiger partial charge in [0.1, 0.15) is 0 Å². The van der Waals surface area contributed by atoms with Gasteiger partial charge in [-0.05, 0) is 49.9 Å². The molecule has 1 heterocycles. The van der Waals surface area contributed by atoms with E-state index in [2.05, 4.69) is 23.6 Å². The van der Waals surface area contributed by atoms with Crippen LogP contribution in [-0.4, -0.2) is 35.7 Å². The van der Waals surface area contributed by atoms with Gasteiger partial charge in [0.2, 0.25) is 0 Å². The molecule has 0 aromatic heterocycles. The quantitative estimate of drug-likeness (QED) is 0.794. The highest BCUT2D eigenvalue weighted by Gasteiger charge is 2.15. The normalized spacial score (nSPS) is 18.2. The molecular weight excluding hydrogens is 234 g/mol. The van der Waals surface area contributed by atoms with Crippen LogP contribution in [0.3, 0.4) is 0 Å². The Morgan fingerprint density at radius 1 is 1.16 bits per heavy atom. The van der Waals surface area contributed by atoms with E-state index >= 15 is 0 Å². The third-order valence-electron chi connectivity index (χ3n) is 3.90. The first kappa shape index (κ1) is 14.3. The molecule has 1 aliphatic heterocycles. The summed E-state index contributed by atoms with van der Waals surface area (Å²) in [7, 11) is 0. The standard InChI is InChI=1S/C17H25NO/c1-15(14-18-12-6-3-7-13-18)17(19)11-10-16-8-4-2-5-9-16/h2,4-5,8-9,17,19H,1,3,6-7,10-14H2. The van der Waals surface area contributed by atoms with Gasteiger partial charge in [-0.25, -0.2) is 0 Å². The fourth-order valence-electron chi connectivity index (χ4n) is 2.66. The van der Waals surface area contributed by atoms with E-state index < -0.39 is 0 Å². The number of rotatable bonds is 6. The molecule has 2 heteroatoms. The number of nitrogens with zero attached hydrogens (tertiary/aromatic N) is 1. The fraction of sp³-hybridized carbons (Fsp3) is 0.529. The van der Waals surface area contributed by atoms with Crippen LogP contribution in [0.1, 0.15) is 31.2 Å². The minimum atomic E-state index is -0.373. The lowest BCUT2D eigenvalue weighted by Gasteiger charge is -2.28. The molecular formula is C17H25NO. The van der Waals surface area contributed by atoms with Gasteiger partial charge in [-0.1, -0.05) is 43.3 Å². The topological polar surface area (TPSA) is 23.5 Å². The Kier molecular flexibility index (Phi) is 5.62. The van der Waals surface area contributed by atoms with Crippen LogP contribution in [-0.2, 0) is 6.42 Å². The molecule has 1 saturated heterocycles. The lowest BCUT2D eigenvalue weighted by atomic mass is 10.0. The fourth-order valence-corrected chi connectivity index (χ4v) is 2.66. The van der Waals surface area contributed by atoms with Crippen LogP contribution >= 0.6 is 0 Å². The summed E-state index contributed by atoms with van der Waals surface area (Å²) in [5.74, 6) is 0. The second kappa shape index (κ2) is 7.46. The molecule has 19 heavy (non-hydrogen) atoms. The van der Waals surface area contributed by atoms with Crippen molar-refractivity contribution in [3.8, 4) is 0 Å². The molecule has 2 nitrogen and oxygen atoms in total. The molecule has 0 spiro atoms. The molecule has 0 amide bonds. The number of hydrogen-bond acceptors (Lipinski definition) is 2. The van der Waals surface area contributed by atoms with E-state index in [1.54, 1.807) is 0 Å². The summed E-state index contributed by atoms with van der Waals surface area (Å²) in [6.45, 7) is 7.24. The molecule has 1 atom stereocenters. The maximum absolute atomic E-state index is 10.2. The van der Waals surface area contributed by atoms with Crippen LogP contribution in [0.4, 0.5) is 0 Å². The first-order chi connectivity index (χ1) is 9.25. The van der Waals surface area contributed by atoms with Crippen molar-refractivity contribution in [2.75, 3.05) is 19.6 Å². The molecule has 2 rings (SSSR count). The summed E-state index contributed by atoms with van der Waals surface area (Å²) in [5.41, 5.74) is 2.25. The number of aliphatic hydroxyl groups is 1. The average molecular weight is 259 g/mol. The van der Waals surface area contributed by atoms with Crippen LogP contribution in [0.15, 0.2) is 42.5 Å². The average Bonchev–Trinajstić information content (AvgIpc) is 2.47. The predicted octanol–water partition coefficient (Wildman–Crippen LogP) is 3.02. The van der Waals surface area contributed by atoms with E-state index in [1.165, 1.54) is 24.8 Å². The van der Waals surface area contributed by atoms with Crippen molar-refractivity contribution >= 4 is 0 Å². The van der Waals surface area contributed by atoms with Crippen molar-refractivity contribution in [2.24, 2.45) is 0 Å². The highest BCUT2D eigenvalue weighted by molar-refractivity contribution is 5.15.